The van der Waals surface area contributed by atoms with Gasteiger partial charge in [0.2, 0.25) is 0 Å². The molecule has 5 nitrogen and oxygen atoms in total. The molecular formula is C29H35N5. The van der Waals surface area contributed by atoms with E-state index in [1.807, 2.05) is 30.9 Å². The summed E-state index contributed by atoms with van der Waals surface area (Å²) in [5.41, 5.74) is 6.38. The van der Waals surface area contributed by atoms with Crippen LogP contribution in [0.25, 0.3) is 34.4 Å². The number of aromatic nitrogens is 5. The molecule has 34 heavy (non-hydrogen) atoms. The highest BCUT2D eigenvalue weighted by Crippen LogP contribution is 2.34. The van der Waals surface area contributed by atoms with Gasteiger partial charge in [-0.05, 0) is 37.8 Å². The Morgan fingerprint density at radius 3 is 2.50 bits per heavy atom. The van der Waals surface area contributed by atoms with Gasteiger partial charge in [0.15, 0.2) is 0 Å². The number of benzene rings is 1. The van der Waals surface area contributed by atoms with Crippen LogP contribution in [0.5, 0.6) is 0 Å². The number of rotatable bonds is 8. The molecular weight excluding hydrogens is 418 g/mol. The molecule has 0 aliphatic heterocycles. The summed E-state index contributed by atoms with van der Waals surface area (Å²) in [5.74, 6) is 0.502. The second kappa shape index (κ2) is 10.2. The summed E-state index contributed by atoms with van der Waals surface area (Å²) in [6.07, 6.45) is 11.5. The van der Waals surface area contributed by atoms with E-state index < -0.39 is 0 Å². The smallest absolute Gasteiger partial charge is 0.0960 e. The van der Waals surface area contributed by atoms with Crippen molar-refractivity contribution in [3.05, 3.63) is 77.1 Å². The Kier molecular flexibility index (Phi) is 7.11. The van der Waals surface area contributed by atoms with Gasteiger partial charge in [0.1, 0.15) is 0 Å². The number of nitrogens with zero attached hydrogens (tertiary/aromatic N) is 5. The number of hydrogen-bond donors (Lipinski definition) is 0. The van der Waals surface area contributed by atoms with Gasteiger partial charge in [0, 0.05) is 29.4 Å². The molecule has 3 heterocycles. The second-order valence-corrected chi connectivity index (χ2v) is 8.91. The summed E-state index contributed by atoms with van der Waals surface area (Å²) >= 11 is 0. The molecule has 0 amide bonds. The Bertz CT molecular complexity index is 1390. The van der Waals surface area contributed by atoms with Crippen molar-refractivity contribution in [2.45, 2.75) is 53.0 Å². The first-order chi connectivity index (χ1) is 16.5. The van der Waals surface area contributed by atoms with Gasteiger partial charge in [-0.1, -0.05) is 87.0 Å². The van der Waals surface area contributed by atoms with E-state index >= 15 is 0 Å². The van der Waals surface area contributed by atoms with Crippen molar-refractivity contribution in [1.82, 2.24) is 24.5 Å². The van der Waals surface area contributed by atoms with E-state index in [4.69, 9.17) is 4.98 Å². The Balaban J connectivity index is 2.13. The van der Waals surface area contributed by atoms with Crippen LogP contribution in [0, 0.1) is 12.8 Å². The molecule has 0 bridgehead atoms. The Hall–Kier alpha value is -3.47. The monoisotopic (exact) mass is 453 g/mol. The van der Waals surface area contributed by atoms with Crippen molar-refractivity contribution in [2.24, 2.45) is 13.0 Å². The molecule has 4 aromatic rings. The van der Waals surface area contributed by atoms with Gasteiger partial charge in [-0.25, -0.2) is 4.68 Å². The van der Waals surface area contributed by atoms with Crippen LogP contribution < -0.4 is 10.6 Å². The lowest BCUT2D eigenvalue weighted by molar-refractivity contribution is 0.343. The molecule has 0 aliphatic carbocycles. The standard InChI is InChI=1S/C29H35N5/c1-7-14-21(9-3)29(22-16-12-11-13-17-22)34-25(10-4)24(15-8-2)27-26(34)18-23(19-30-27)28-20(5)31-32-33(28)6/h8,10-13,15-19,21,29H,2,7,9,14H2,1,3-6H3. The lowest BCUT2D eigenvalue weighted by atomic mass is 9.87. The van der Waals surface area contributed by atoms with Gasteiger partial charge in [-0.15, -0.1) is 5.10 Å². The first kappa shape index (κ1) is 23.7. The van der Waals surface area contributed by atoms with Crippen molar-refractivity contribution in [3.8, 4) is 11.3 Å². The molecule has 0 N–H and O–H groups in total. The number of aryl methyl sites for hydroxylation is 2. The third-order valence-electron chi connectivity index (χ3n) is 6.79. The third-order valence-corrected chi connectivity index (χ3v) is 6.79. The molecule has 176 valence electrons. The van der Waals surface area contributed by atoms with Gasteiger partial charge in [0.25, 0.3) is 0 Å². The molecule has 0 fully saturated rings. The van der Waals surface area contributed by atoms with Crippen molar-refractivity contribution in [3.63, 3.8) is 0 Å². The maximum absolute atomic E-state index is 4.99. The average molecular weight is 454 g/mol. The fraction of sp³-hybridized carbons (Fsp3) is 0.345. The van der Waals surface area contributed by atoms with Crippen molar-refractivity contribution in [1.29, 1.82) is 0 Å². The third kappa shape index (κ3) is 4.11. The topological polar surface area (TPSA) is 48.5 Å². The van der Waals surface area contributed by atoms with Crippen LogP contribution in [0.3, 0.4) is 0 Å². The van der Waals surface area contributed by atoms with Crippen LogP contribution >= 0.6 is 0 Å². The quantitative estimate of drug-likeness (QED) is 0.363. The van der Waals surface area contributed by atoms with E-state index in [2.05, 4.69) is 90.8 Å². The second-order valence-electron chi connectivity index (χ2n) is 8.91. The molecule has 3 aromatic heterocycles. The summed E-state index contributed by atoms with van der Waals surface area (Å²) < 4.78 is 4.34. The molecule has 0 saturated heterocycles. The Morgan fingerprint density at radius 1 is 1.15 bits per heavy atom. The molecule has 4 rings (SSSR count). The molecule has 0 aliphatic rings. The van der Waals surface area contributed by atoms with E-state index in [0.717, 1.165) is 52.5 Å². The average Bonchev–Trinajstić information content (AvgIpc) is 3.35. The SMILES string of the molecule is C=CC=c1c(=CC)n(C(c2ccccc2)C(CC)CCC)c2cc(-c3c(C)nnn3C)cnc12. The summed E-state index contributed by atoms with van der Waals surface area (Å²) in [6.45, 7) is 12.7. The highest BCUT2D eigenvalue weighted by molar-refractivity contribution is 5.83. The van der Waals surface area contributed by atoms with E-state index in [-0.39, 0.29) is 6.04 Å². The Labute approximate surface area is 202 Å². The van der Waals surface area contributed by atoms with Gasteiger partial charge in [-0.2, -0.15) is 0 Å². The van der Waals surface area contributed by atoms with Gasteiger partial charge >= 0.3 is 0 Å². The van der Waals surface area contributed by atoms with E-state index in [1.54, 1.807) is 0 Å². The zero-order valence-corrected chi connectivity index (χ0v) is 21.0. The predicted octanol–water partition coefficient (Wildman–Crippen LogP) is 5.32. The molecule has 2 atom stereocenters. The zero-order chi connectivity index (χ0) is 24.2. The molecule has 1 aromatic carbocycles. The Morgan fingerprint density at radius 2 is 1.91 bits per heavy atom. The summed E-state index contributed by atoms with van der Waals surface area (Å²) in [4.78, 5) is 4.99. The fourth-order valence-corrected chi connectivity index (χ4v) is 5.33. The van der Waals surface area contributed by atoms with Crippen LogP contribution in [0.15, 0.2) is 55.3 Å². The predicted molar refractivity (Wildman–Crippen MR) is 142 cm³/mol. The number of hydrogen-bond acceptors (Lipinski definition) is 3. The lowest BCUT2D eigenvalue weighted by Crippen LogP contribution is -2.34. The van der Waals surface area contributed by atoms with Gasteiger partial charge in [-0.3, -0.25) is 4.98 Å². The zero-order valence-electron chi connectivity index (χ0n) is 21.0. The molecule has 2 unspecified atom stereocenters. The fourth-order valence-electron chi connectivity index (χ4n) is 5.33. The van der Waals surface area contributed by atoms with E-state index in [9.17, 15) is 0 Å². The lowest BCUT2D eigenvalue weighted by Gasteiger charge is -2.29. The molecule has 5 heteroatoms. The minimum atomic E-state index is 0.203. The van der Waals surface area contributed by atoms with Crippen molar-refractivity contribution >= 4 is 23.2 Å². The first-order valence-electron chi connectivity index (χ1n) is 12.3. The molecule has 0 spiro atoms. The number of pyridine rings is 1. The summed E-state index contributed by atoms with van der Waals surface area (Å²) in [7, 11) is 1.93. The maximum Gasteiger partial charge on any atom is 0.0960 e. The number of allylic oxidation sites excluding steroid dienone is 1. The molecule has 0 saturated carbocycles. The summed E-state index contributed by atoms with van der Waals surface area (Å²) in [6, 6.07) is 13.4. The minimum absolute atomic E-state index is 0.203. The van der Waals surface area contributed by atoms with Crippen molar-refractivity contribution in [2.75, 3.05) is 0 Å². The van der Waals surface area contributed by atoms with Gasteiger partial charge < -0.3 is 4.57 Å². The highest BCUT2D eigenvalue weighted by atomic mass is 15.4. The largest absolute Gasteiger partial charge is 0.331 e. The van der Waals surface area contributed by atoms with E-state index in [1.165, 1.54) is 10.9 Å². The first-order valence-corrected chi connectivity index (χ1v) is 12.3. The molecule has 0 radical (unpaired) electrons. The summed E-state index contributed by atoms with van der Waals surface area (Å²) in [5, 5.41) is 10.8. The normalized spacial score (nSPS) is 14.6. The van der Waals surface area contributed by atoms with Crippen LogP contribution in [-0.4, -0.2) is 24.5 Å². The van der Waals surface area contributed by atoms with Crippen LogP contribution in [-0.2, 0) is 7.05 Å². The maximum atomic E-state index is 4.99. The van der Waals surface area contributed by atoms with Crippen LogP contribution in [0.1, 0.15) is 57.3 Å². The number of fused-ring (bicyclic) bond motifs is 1. The van der Waals surface area contributed by atoms with Gasteiger partial charge in [0.05, 0.1) is 28.5 Å². The van der Waals surface area contributed by atoms with Crippen LogP contribution in [0.4, 0.5) is 0 Å². The van der Waals surface area contributed by atoms with Crippen molar-refractivity contribution < 1.29 is 0 Å². The van der Waals surface area contributed by atoms with E-state index in [0.29, 0.717) is 5.92 Å². The highest BCUT2D eigenvalue weighted by Gasteiger charge is 2.26. The van der Waals surface area contributed by atoms with Crippen LogP contribution in [0.2, 0.25) is 0 Å². The minimum Gasteiger partial charge on any atom is -0.331 e.